The topological polar surface area (TPSA) is 64.1 Å². The maximum atomic E-state index is 12.3. The monoisotopic (exact) mass is 299 g/mol. The van der Waals surface area contributed by atoms with Crippen LogP contribution in [0, 0.1) is 0 Å². The summed E-state index contributed by atoms with van der Waals surface area (Å²) in [5.41, 5.74) is 1.52. The van der Waals surface area contributed by atoms with E-state index in [2.05, 4.69) is 15.5 Å². The molecule has 2 heterocycles. The van der Waals surface area contributed by atoms with Crippen molar-refractivity contribution in [3.05, 3.63) is 40.4 Å². The van der Waals surface area contributed by atoms with Crippen molar-refractivity contribution in [1.29, 1.82) is 0 Å². The van der Waals surface area contributed by atoms with Crippen LogP contribution in [-0.2, 0) is 4.79 Å². The lowest BCUT2D eigenvalue weighted by Gasteiger charge is -2.16. The van der Waals surface area contributed by atoms with E-state index in [0.29, 0.717) is 16.6 Å². The van der Waals surface area contributed by atoms with Gasteiger partial charge >= 0.3 is 0 Å². The van der Waals surface area contributed by atoms with Gasteiger partial charge in [-0.05, 0) is 25.0 Å². The summed E-state index contributed by atoms with van der Waals surface area (Å²) >= 11 is 1.46. The van der Waals surface area contributed by atoms with Gasteiger partial charge in [0.2, 0.25) is 5.13 Å². The molecule has 2 aliphatic rings. The molecule has 5 nitrogen and oxygen atoms in total. The first-order chi connectivity index (χ1) is 10.3. The molecule has 0 unspecified atom stereocenters. The zero-order valence-corrected chi connectivity index (χ0v) is 12.0. The van der Waals surface area contributed by atoms with Gasteiger partial charge in [-0.25, -0.2) is 0 Å². The normalized spacial score (nSPS) is 16.7. The van der Waals surface area contributed by atoms with Gasteiger partial charge in [-0.2, -0.15) is 0 Å². The van der Waals surface area contributed by atoms with Crippen LogP contribution < -0.4 is 10.1 Å². The molecule has 4 rings (SSSR count). The van der Waals surface area contributed by atoms with Crippen LogP contribution >= 0.6 is 11.3 Å². The molecular formula is C15H13N3O2S. The van der Waals surface area contributed by atoms with Gasteiger partial charge in [0.25, 0.3) is 5.91 Å². The summed E-state index contributed by atoms with van der Waals surface area (Å²) in [6, 6.07) is 7.66. The zero-order valence-electron chi connectivity index (χ0n) is 11.2. The van der Waals surface area contributed by atoms with Crippen molar-refractivity contribution in [2.24, 2.45) is 0 Å². The number of ether oxygens (including phenoxy) is 1. The third-order valence-corrected chi connectivity index (χ3v) is 4.51. The molecule has 0 atom stereocenters. The number of nitrogens with one attached hydrogen (secondary N) is 1. The van der Waals surface area contributed by atoms with Crippen molar-refractivity contribution >= 4 is 28.5 Å². The number of nitrogens with zero attached hydrogens (tertiary/aromatic N) is 2. The first kappa shape index (κ1) is 12.5. The lowest BCUT2D eigenvalue weighted by molar-refractivity contribution is -0.113. The Labute approximate surface area is 125 Å². The molecule has 1 aliphatic carbocycles. The highest BCUT2D eigenvalue weighted by Crippen LogP contribution is 2.42. The fourth-order valence-corrected chi connectivity index (χ4v) is 3.11. The Morgan fingerprint density at radius 2 is 2.14 bits per heavy atom. The highest BCUT2D eigenvalue weighted by atomic mass is 32.1. The van der Waals surface area contributed by atoms with Crippen LogP contribution in [0.5, 0.6) is 5.75 Å². The van der Waals surface area contributed by atoms with Gasteiger partial charge in [-0.3, -0.25) is 10.1 Å². The highest BCUT2D eigenvalue weighted by molar-refractivity contribution is 7.15. The van der Waals surface area contributed by atoms with E-state index in [9.17, 15) is 4.79 Å². The molecule has 0 radical (unpaired) electrons. The number of carbonyl (C=O) groups is 1. The van der Waals surface area contributed by atoms with E-state index in [1.807, 2.05) is 30.3 Å². The molecule has 0 spiro atoms. The quantitative estimate of drug-likeness (QED) is 0.946. The minimum Gasteiger partial charge on any atom is -0.488 e. The van der Waals surface area contributed by atoms with Gasteiger partial charge in [-0.15, -0.1) is 10.2 Å². The summed E-state index contributed by atoms with van der Waals surface area (Å²) in [5, 5.41) is 12.5. The lowest BCUT2D eigenvalue weighted by Crippen LogP contribution is -2.21. The van der Waals surface area contributed by atoms with Crippen molar-refractivity contribution in [3.63, 3.8) is 0 Å². The van der Waals surface area contributed by atoms with Gasteiger partial charge in [0.15, 0.2) is 0 Å². The lowest BCUT2D eigenvalue weighted by atomic mass is 10.1. The van der Waals surface area contributed by atoms with Crippen molar-refractivity contribution in [2.75, 3.05) is 11.9 Å². The summed E-state index contributed by atoms with van der Waals surface area (Å²) in [6.45, 7) is 0.275. The van der Waals surface area contributed by atoms with Crippen LogP contribution in [0.2, 0.25) is 0 Å². The summed E-state index contributed by atoms with van der Waals surface area (Å²) < 4.78 is 5.59. The molecule has 1 amide bonds. The second kappa shape index (κ2) is 4.96. The predicted molar refractivity (Wildman–Crippen MR) is 80.4 cm³/mol. The molecule has 1 aliphatic heterocycles. The molecule has 106 valence electrons. The molecule has 1 fully saturated rings. The van der Waals surface area contributed by atoms with E-state index >= 15 is 0 Å². The van der Waals surface area contributed by atoms with E-state index < -0.39 is 0 Å². The number of hydrogen-bond donors (Lipinski definition) is 1. The van der Waals surface area contributed by atoms with Crippen LogP contribution in [0.25, 0.3) is 6.08 Å². The predicted octanol–water partition coefficient (Wildman–Crippen LogP) is 2.83. The molecule has 6 heteroatoms. The van der Waals surface area contributed by atoms with Crippen molar-refractivity contribution in [3.8, 4) is 5.75 Å². The minimum atomic E-state index is -0.178. The standard InChI is InChI=1S/C15H13N3O2S/c19-13(16-15-18-17-14(21-15)9-5-6-9)11-7-10-3-1-2-4-12(10)20-8-11/h1-4,7,9H,5-6,8H2,(H,16,18,19). The van der Waals surface area contributed by atoms with E-state index in [-0.39, 0.29) is 12.5 Å². The van der Waals surface area contributed by atoms with Crippen LogP contribution in [0.4, 0.5) is 5.13 Å². The molecule has 0 bridgehead atoms. The largest absolute Gasteiger partial charge is 0.488 e. The Balaban J connectivity index is 1.51. The number of fused-ring (bicyclic) bond motifs is 1. The van der Waals surface area contributed by atoms with Crippen LogP contribution in [0.1, 0.15) is 29.3 Å². The molecule has 0 saturated heterocycles. The Morgan fingerprint density at radius 3 is 3.00 bits per heavy atom. The van der Waals surface area contributed by atoms with E-state index in [1.54, 1.807) is 0 Å². The van der Waals surface area contributed by atoms with Crippen molar-refractivity contribution in [1.82, 2.24) is 10.2 Å². The molecular weight excluding hydrogens is 286 g/mol. The highest BCUT2D eigenvalue weighted by Gasteiger charge is 2.28. The number of anilines is 1. The third kappa shape index (κ3) is 2.54. The maximum absolute atomic E-state index is 12.3. The molecule has 1 aromatic heterocycles. The van der Waals surface area contributed by atoms with Crippen LogP contribution in [0.15, 0.2) is 29.8 Å². The van der Waals surface area contributed by atoms with Crippen LogP contribution in [0.3, 0.4) is 0 Å². The first-order valence-corrected chi connectivity index (χ1v) is 7.68. The van der Waals surface area contributed by atoms with Crippen molar-refractivity contribution in [2.45, 2.75) is 18.8 Å². The van der Waals surface area contributed by atoms with Crippen molar-refractivity contribution < 1.29 is 9.53 Å². The Morgan fingerprint density at radius 1 is 1.29 bits per heavy atom. The van der Waals surface area contributed by atoms with E-state index in [1.165, 1.54) is 24.2 Å². The number of amides is 1. The second-order valence-electron chi connectivity index (χ2n) is 5.17. The number of benzene rings is 1. The number of para-hydroxylation sites is 1. The summed E-state index contributed by atoms with van der Waals surface area (Å²) in [6.07, 6.45) is 4.22. The summed E-state index contributed by atoms with van der Waals surface area (Å²) in [7, 11) is 0. The van der Waals surface area contributed by atoms with E-state index in [4.69, 9.17) is 4.74 Å². The Hall–Kier alpha value is -2.21. The molecule has 1 N–H and O–H groups in total. The van der Waals surface area contributed by atoms with Gasteiger partial charge in [0.05, 0.1) is 5.57 Å². The second-order valence-corrected chi connectivity index (χ2v) is 6.18. The van der Waals surface area contributed by atoms with Gasteiger partial charge in [0.1, 0.15) is 17.4 Å². The zero-order chi connectivity index (χ0) is 14.2. The SMILES string of the molecule is O=C(Nc1nnc(C2CC2)s1)C1=Cc2ccccc2OC1. The Kier molecular flexibility index (Phi) is 2.96. The number of hydrogen-bond acceptors (Lipinski definition) is 5. The molecule has 21 heavy (non-hydrogen) atoms. The van der Waals surface area contributed by atoms with Gasteiger partial charge in [-0.1, -0.05) is 29.5 Å². The molecule has 1 aromatic carbocycles. The minimum absolute atomic E-state index is 0.178. The van der Waals surface area contributed by atoms with E-state index in [0.717, 1.165) is 16.3 Å². The number of aromatic nitrogens is 2. The molecule has 2 aromatic rings. The maximum Gasteiger partial charge on any atom is 0.256 e. The fraction of sp³-hybridized carbons (Fsp3) is 0.267. The average molecular weight is 299 g/mol. The van der Waals surface area contributed by atoms with Crippen LogP contribution in [-0.4, -0.2) is 22.7 Å². The fourth-order valence-electron chi connectivity index (χ4n) is 2.20. The Bertz CT molecular complexity index is 734. The smallest absolute Gasteiger partial charge is 0.256 e. The number of carbonyl (C=O) groups excluding carboxylic acids is 1. The summed E-state index contributed by atoms with van der Waals surface area (Å²) in [5.74, 6) is 1.18. The average Bonchev–Trinajstić information content (AvgIpc) is 3.27. The molecule has 1 saturated carbocycles. The first-order valence-electron chi connectivity index (χ1n) is 6.87. The summed E-state index contributed by atoms with van der Waals surface area (Å²) in [4.78, 5) is 12.3. The van der Waals surface area contributed by atoms with Gasteiger partial charge < -0.3 is 4.74 Å². The van der Waals surface area contributed by atoms with Gasteiger partial charge in [0, 0.05) is 11.5 Å². The third-order valence-electron chi connectivity index (χ3n) is 3.51. The number of rotatable bonds is 3.